The Labute approximate surface area is 71.3 Å². The molecule has 1 saturated heterocycles. The van der Waals surface area contributed by atoms with E-state index in [-0.39, 0.29) is 17.3 Å². The summed E-state index contributed by atoms with van der Waals surface area (Å²) in [5, 5.41) is 0.234. The number of thioether (sulfide) groups is 1. The molecule has 64 valence electrons. The number of carbonyl (C=O) groups excluding carboxylic acids is 1. The van der Waals surface area contributed by atoms with Crippen molar-refractivity contribution in [3.8, 4) is 0 Å². The first kappa shape index (κ1) is 8.87. The molecule has 0 unspecified atom stereocenters. The number of hydrogen-bond donors (Lipinski definition) is 1. The van der Waals surface area contributed by atoms with Gasteiger partial charge in [0, 0.05) is 6.54 Å². The van der Waals surface area contributed by atoms with E-state index in [2.05, 4.69) is 6.92 Å². The van der Waals surface area contributed by atoms with E-state index in [9.17, 15) is 4.79 Å². The van der Waals surface area contributed by atoms with E-state index in [1.165, 1.54) is 0 Å². The first-order valence-electron chi connectivity index (χ1n) is 3.90. The number of nitrogens with zero attached hydrogens (tertiary/aromatic N) is 1. The van der Waals surface area contributed by atoms with Crippen LogP contribution in [0.3, 0.4) is 0 Å². The summed E-state index contributed by atoms with van der Waals surface area (Å²) >= 11 is 1.74. The molecule has 11 heavy (non-hydrogen) atoms. The largest absolute Gasteiger partial charge is 0.327 e. The Balaban J connectivity index is 2.46. The van der Waals surface area contributed by atoms with Gasteiger partial charge in [0.15, 0.2) is 0 Å². The third-order valence-electron chi connectivity index (χ3n) is 1.86. The number of likely N-dealkylation sites (tertiary alicyclic amines) is 1. The molecule has 4 heteroatoms. The second-order valence-electron chi connectivity index (χ2n) is 2.50. The quantitative estimate of drug-likeness (QED) is 0.624. The highest BCUT2D eigenvalue weighted by atomic mass is 32.2. The van der Waals surface area contributed by atoms with Crippen LogP contribution in [0.2, 0.25) is 0 Å². The topological polar surface area (TPSA) is 46.3 Å². The number of hydrogen-bond acceptors (Lipinski definition) is 3. The molecule has 2 N–H and O–H groups in total. The Kier molecular flexibility index (Phi) is 2.78. The Morgan fingerprint density at radius 1 is 1.64 bits per heavy atom. The summed E-state index contributed by atoms with van der Waals surface area (Å²) in [7, 11) is 0. The van der Waals surface area contributed by atoms with Gasteiger partial charge < -0.3 is 10.6 Å². The highest BCUT2D eigenvalue weighted by Crippen LogP contribution is 2.27. The van der Waals surface area contributed by atoms with Gasteiger partial charge in [0.2, 0.25) is 5.91 Å². The van der Waals surface area contributed by atoms with E-state index in [1.54, 1.807) is 11.8 Å². The maximum atomic E-state index is 11.1. The molecule has 0 aromatic carbocycles. The third-order valence-corrected chi connectivity index (χ3v) is 3.08. The summed E-state index contributed by atoms with van der Waals surface area (Å²) in [5.74, 6) is 1.11. The van der Waals surface area contributed by atoms with E-state index in [0.29, 0.717) is 0 Å². The second-order valence-corrected chi connectivity index (χ2v) is 3.89. The lowest BCUT2D eigenvalue weighted by Gasteiger charge is -2.44. The fourth-order valence-electron chi connectivity index (χ4n) is 1.25. The average molecular weight is 174 g/mol. The lowest BCUT2D eigenvalue weighted by Crippen LogP contribution is -2.66. The molecule has 0 aromatic rings. The van der Waals surface area contributed by atoms with Crippen molar-refractivity contribution in [2.75, 3.05) is 12.3 Å². The minimum Gasteiger partial charge on any atom is -0.327 e. The number of nitrogens with two attached hydrogens (primary N) is 1. The van der Waals surface area contributed by atoms with Crippen LogP contribution in [0, 0.1) is 0 Å². The summed E-state index contributed by atoms with van der Waals surface area (Å²) in [6, 6.07) is -0.250. The molecule has 0 spiro atoms. The molecule has 3 nitrogen and oxygen atoms in total. The summed E-state index contributed by atoms with van der Waals surface area (Å²) in [5.41, 5.74) is 5.61. The van der Waals surface area contributed by atoms with Crippen LogP contribution in [0.1, 0.15) is 13.8 Å². The molecule has 0 bridgehead atoms. The molecule has 1 aliphatic rings. The molecule has 0 saturated carbocycles. The molecular weight excluding hydrogens is 160 g/mol. The molecule has 0 aliphatic carbocycles. The van der Waals surface area contributed by atoms with E-state index in [0.717, 1.165) is 12.3 Å². The van der Waals surface area contributed by atoms with Crippen LogP contribution in [0.5, 0.6) is 0 Å². The second kappa shape index (κ2) is 3.45. The predicted molar refractivity (Wildman–Crippen MR) is 47.3 cm³/mol. The number of rotatable bonds is 3. The Bertz CT molecular complexity index is 163. The van der Waals surface area contributed by atoms with E-state index in [4.69, 9.17) is 5.73 Å². The Hall–Kier alpha value is -0.220. The van der Waals surface area contributed by atoms with Crippen LogP contribution < -0.4 is 5.73 Å². The SMILES string of the molecule is CCS[C@@H]1[C@H](N)C(=O)N1CC. The zero-order valence-corrected chi connectivity index (χ0v) is 7.73. The van der Waals surface area contributed by atoms with Gasteiger partial charge in [-0.05, 0) is 12.7 Å². The lowest BCUT2D eigenvalue weighted by molar-refractivity contribution is -0.143. The summed E-state index contributed by atoms with van der Waals surface area (Å²) in [6.07, 6.45) is 0. The van der Waals surface area contributed by atoms with Gasteiger partial charge in [-0.3, -0.25) is 4.79 Å². The summed E-state index contributed by atoms with van der Waals surface area (Å²) < 4.78 is 0. The van der Waals surface area contributed by atoms with Gasteiger partial charge >= 0.3 is 0 Å². The Morgan fingerprint density at radius 2 is 2.27 bits per heavy atom. The molecule has 1 aliphatic heterocycles. The molecule has 1 amide bonds. The van der Waals surface area contributed by atoms with Gasteiger partial charge in [-0.2, -0.15) is 0 Å². The van der Waals surface area contributed by atoms with Gasteiger partial charge in [-0.25, -0.2) is 0 Å². The number of amides is 1. The predicted octanol–water partition coefficient (Wildman–Crippen LogP) is 0.255. The van der Waals surface area contributed by atoms with Crippen molar-refractivity contribution >= 4 is 17.7 Å². The monoisotopic (exact) mass is 174 g/mol. The zero-order valence-electron chi connectivity index (χ0n) is 6.91. The van der Waals surface area contributed by atoms with Crippen molar-refractivity contribution in [2.24, 2.45) is 5.73 Å². The molecule has 1 fully saturated rings. The third kappa shape index (κ3) is 1.37. The highest BCUT2D eigenvalue weighted by molar-refractivity contribution is 8.00. The van der Waals surface area contributed by atoms with Crippen LogP contribution in [0.25, 0.3) is 0 Å². The van der Waals surface area contributed by atoms with Crippen molar-refractivity contribution < 1.29 is 4.79 Å². The summed E-state index contributed by atoms with van der Waals surface area (Å²) in [6.45, 7) is 4.84. The van der Waals surface area contributed by atoms with Crippen LogP contribution in [-0.2, 0) is 4.79 Å². The van der Waals surface area contributed by atoms with Crippen molar-refractivity contribution in [3.63, 3.8) is 0 Å². The summed E-state index contributed by atoms with van der Waals surface area (Å²) in [4.78, 5) is 12.9. The Morgan fingerprint density at radius 3 is 2.73 bits per heavy atom. The zero-order chi connectivity index (χ0) is 8.43. The van der Waals surface area contributed by atoms with E-state index < -0.39 is 0 Å². The highest BCUT2D eigenvalue weighted by Gasteiger charge is 2.43. The molecular formula is C7H14N2OS. The van der Waals surface area contributed by atoms with Crippen LogP contribution >= 0.6 is 11.8 Å². The van der Waals surface area contributed by atoms with Gasteiger partial charge in [-0.15, -0.1) is 11.8 Å². The first-order valence-corrected chi connectivity index (χ1v) is 4.94. The molecule has 1 rings (SSSR count). The number of β-lactam (4-membered cyclic amide) rings is 1. The van der Waals surface area contributed by atoms with Gasteiger partial charge in [0.05, 0.1) is 0 Å². The van der Waals surface area contributed by atoms with Gasteiger partial charge in [0.1, 0.15) is 11.4 Å². The smallest absolute Gasteiger partial charge is 0.243 e. The molecule has 0 radical (unpaired) electrons. The molecule has 2 atom stereocenters. The van der Waals surface area contributed by atoms with Gasteiger partial charge in [-0.1, -0.05) is 6.92 Å². The van der Waals surface area contributed by atoms with Crippen molar-refractivity contribution in [2.45, 2.75) is 25.3 Å². The van der Waals surface area contributed by atoms with Crippen LogP contribution in [0.15, 0.2) is 0 Å². The maximum Gasteiger partial charge on any atom is 0.243 e. The minimum absolute atomic E-state index is 0.0958. The van der Waals surface area contributed by atoms with Crippen molar-refractivity contribution in [1.29, 1.82) is 0 Å². The fraction of sp³-hybridized carbons (Fsp3) is 0.857. The number of likely N-dealkylation sites (N-methyl/N-ethyl adjacent to an activating group) is 1. The first-order chi connectivity index (χ1) is 5.22. The molecule has 0 aromatic heterocycles. The van der Waals surface area contributed by atoms with Crippen molar-refractivity contribution in [3.05, 3.63) is 0 Å². The maximum absolute atomic E-state index is 11.1. The lowest BCUT2D eigenvalue weighted by atomic mass is 10.1. The van der Waals surface area contributed by atoms with E-state index >= 15 is 0 Å². The van der Waals surface area contributed by atoms with Crippen molar-refractivity contribution in [1.82, 2.24) is 4.90 Å². The fourth-order valence-corrected chi connectivity index (χ4v) is 2.35. The minimum atomic E-state index is -0.250. The molecule has 1 heterocycles. The number of carbonyl (C=O) groups is 1. The normalized spacial score (nSPS) is 30.5. The van der Waals surface area contributed by atoms with E-state index in [1.807, 2.05) is 11.8 Å². The average Bonchev–Trinajstić information content (AvgIpc) is 2.04. The van der Waals surface area contributed by atoms with Crippen LogP contribution in [-0.4, -0.2) is 34.5 Å². The van der Waals surface area contributed by atoms with Gasteiger partial charge in [0.25, 0.3) is 0 Å². The van der Waals surface area contributed by atoms with Crippen LogP contribution in [0.4, 0.5) is 0 Å². The standard InChI is InChI=1S/C7H14N2OS/c1-3-9-6(10)5(8)7(9)11-4-2/h5,7H,3-4,8H2,1-2H3/t5-,7-/m1/s1.